The molecule has 0 spiro atoms. The zero-order chi connectivity index (χ0) is 9.56. The first kappa shape index (κ1) is 10.8. The molecule has 4 nitrogen and oxygen atoms in total. The molecule has 0 heterocycles. The maximum Gasteiger partial charge on any atom is 0.188 e. The fraction of sp³-hybridized carbons (Fsp3) is 0.750. The van der Waals surface area contributed by atoms with E-state index < -0.39 is 0 Å². The topological polar surface area (TPSA) is 76.9 Å². The first-order chi connectivity index (χ1) is 5.57. The van der Waals surface area contributed by atoms with Crippen LogP contribution in [0, 0.1) is 22.7 Å². The normalized spacial score (nSPS) is 9.50. The Morgan fingerprint density at radius 3 is 2.58 bits per heavy atom. The highest BCUT2D eigenvalue weighted by atomic mass is 15.2. The van der Waals surface area contributed by atoms with E-state index in [1.807, 2.05) is 6.07 Å². The van der Waals surface area contributed by atoms with E-state index in [0.717, 1.165) is 6.54 Å². The van der Waals surface area contributed by atoms with Crippen LogP contribution in [0.1, 0.15) is 20.3 Å². The molecule has 3 N–H and O–H groups in total. The van der Waals surface area contributed by atoms with E-state index in [4.69, 9.17) is 16.4 Å². The maximum atomic E-state index is 8.34. The van der Waals surface area contributed by atoms with Gasteiger partial charge >= 0.3 is 0 Å². The molecule has 0 aromatic rings. The summed E-state index contributed by atoms with van der Waals surface area (Å²) in [6.07, 6.45) is 0.423. The molecule has 0 atom stereocenters. The Balaban J connectivity index is 3.89. The molecule has 0 aliphatic rings. The Labute approximate surface area is 73.5 Å². The lowest BCUT2D eigenvalue weighted by Crippen LogP contribution is -2.39. The van der Waals surface area contributed by atoms with Gasteiger partial charge in [-0.15, -0.1) is 0 Å². The van der Waals surface area contributed by atoms with Gasteiger partial charge in [-0.05, 0) is 5.92 Å². The van der Waals surface area contributed by atoms with Crippen LogP contribution in [0.3, 0.4) is 0 Å². The van der Waals surface area contributed by atoms with Crippen molar-refractivity contribution in [2.75, 3.05) is 13.1 Å². The summed E-state index contributed by atoms with van der Waals surface area (Å²) in [5.41, 5.74) is 5.33. The third-order valence-electron chi connectivity index (χ3n) is 1.42. The summed E-state index contributed by atoms with van der Waals surface area (Å²) in [6.45, 7) is 5.42. The zero-order valence-electron chi connectivity index (χ0n) is 7.67. The van der Waals surface area contributed by atoms with E-state index in [-0.39, 0.29) is 5.96 Å². The van der Waals surface area contributed by atoms with Crippen molar-refractivity contribution < 1.29 is 0 Å². The van der Waals surface area contributed by atoms with Crippen LogP contribution in [0.5, 0.6) is 0 Å². The summed E-state index contributed by atoms with van der Waals surface area (Å²) in [5, 5.41) is 15.6. The minimum Gasteiger partial charge on any atom is -0.370 e. The van der Waals surface area contributed by atoms with Crippen LogP contribution in [0.15, 0.2) is 0 Å². The molecule has 12 heavy (non-hydrogen) atoms. The SMILES string of the molecule is CC(C)CN(CCC#N)C(=N)N. The number of nitriles is 1. The number of nitrogens with one attached hydrogen (secondary N) is 1. The van der Waals surface area contributed by atoms with Crippen LogP contribution in [0.4, 0.5) is 0 Å². The fourth-order valence-corrected chi connectivity index (χ4v) is 0.936. The van der Waals surface area contributed by atoms with E-state index in [0.29, 0.717) is 18.9 Å². The molecule has 0 aliphatic carbocycles. The van der Waals surface area contributed by atoms with Gasteiger partial charge in [0.2, 0.25) is 0 Å². The summed E-state index contributed by atoms with van der Waals surface area (Å²) in [7, 11) is 0. The number of nitrogens with zero attached hydrogens (tertiary/aromatic N) is 2. The molecule has 0 amide bonds. The van der Waals surface area contributed by atoms with E-state index >= 15 is 0 Å². The molecule has 0 aromatic carbocycles. The highest BCUT2D eigenvalue weighted by Crippen LogP contribution is 1.98. The molecule has 0 saturated heterocycles. The van der Waals surface area contributed by atoms with E-state index in [1.165, 1.54) is 0 Å². The highest BCUT2D eigenvalue weighted by Gasteiger charge is 2.07. The predicted molar refractivity (Wildman–Crippen MR) is 48.6 cm³/mol. The predicted octanol–water partition coefficient (Wildman–Crippen LogP) is 0.752. The van der Waals surface area contributed by atoms with Gasteiger partial charge in [-0.2, -0.15) is 5.26 Å². The van der Waals surface area contributed by atoms with Gasteiger partial charge in [-0.1, -0.05) is 13.8 Å². The van der Waals surface area contributed by atoms with Crippen LogP contribution < -0.4 is 5.73 Å². The summed E-state index contributed by atoms with van der Waals surface area (Å²) in [4.78, 5) is 1.72. The molecular formula is C8H16N4. The molecule has 0 rings (SSSR count). The van der Waals surface area contributed by atoms with Crippen LogP contribution in [-0.4, -0.2) is 23.9 Å². The summed E-state index contributed by atoms with van der Waals surface area (Å²) >= 11 is 0. The number of nitrogens with two attached hydrogens (primary N) is 1. The van der Waals surface area contributed by atoms with Crippen molar-refractivity contribution in [1.29, 1.82) is 10.7 Å². The molecule has 0 aliphatic heterocycles. The molecular weight excluding hydrogens is 152 g/mol. The maximum absolute atomic E-state index is 8.34. The van der Waals surface area contributed by atoms with Gasteiger partial charge in [0.1, 0.15) is 0 Å². The highest BCUT2D eigenvalue weighted by molar-refractivity contribution is 5.74. The van der Waals surface area contributed by atoms with Crippen molar-refractivity contribution in [3.63, 3.8) is 0 Å². The van der Waals surface area contributed by atoms with Crippen LogP contribution >= 0.6 is 0 Å². The average molecular weight is 168 g/mol. The third kappa shape index (κ3) is 4.56. The van der Waals surface area contributed by atoms with Crippen molar-refractivity contribution in [1.82, 2.24) is 4.90 Å². The summed E-state index contributed by atoms with van der Waals surface area (Å²) in [6, 6.07) is 2.03. The minimum absolute atomic E-state index is 0.0546. The molecule has 0 radical (unpaired) electrons. The quantitative estimate of drug-likeness (QED) is 0.480. The van der Waals surface area contributed by atoms with Crippen LogP contribution in [0.25, 0.3) is 0 Å². The average Bonchev–Trinajstić information content (AvgIpc) is 1.96. The lowest BCUT2D eigenvalue weighted by atomic mass is 10.2. The molecule has 0 unspecified atom stereocenters. The van der Waals surface area contributed by atoms with Gasteiger partial charge in [0.25, 0.3) is 0 Å². The van der Waals surface area contributed by atoms with Gasteiger partial charge in [0.15, 0.2) is 5.96 Å². The van der Waals surface area contributed by atoms with E-state index in [9.17, 15) is 0 Å². The summed E-state index contributed by atoms with van der Waals surface area (Å²) in [5.74, 6) is 0.520. The molecule has 0 aromatic heterocycles. The van der Waals surface area contributed by atoms with E-state index in [1.54, 1.807) is 4.90 Å². The van der Waals surface area contributed by atoms with E-state index in [2.05, 4.69) is 13.8 Å². The van der Waals surface area contributed by atoms with Gasteiger partial charge < -0.3 is 10.6 Å². The standard InChI is InChI=1S/C8H16N4/c1-7(2)6-12(8(10)11)5-3-4-9/h7H,3,5-6H2,1-2H3,(H3,10,11). The third-order valence-corrected chi connectivity index (χ3v) is 1.42. The minimum atomic E-state index is 0.0546. The smallest absolute Gasteiger partial charge is 0.188 e. The molecule has 0 saturated carbocycles. The second kappa shape index (κ2) is 5.42. The Bertz CT molecular complexity index is 180. The van der Waals surface area contributed by atoms with Crippen molar-refractivity contribution in [3.05, 3.63) is 0 Å². The number of hydrogen-bond donors (Lipinski definition) is 2. The largest absolute Gasteiger partial charge is 0.370 e. The van der Waals surface area contributed by atoms with Crippen molar-refractivity contribution in [2.45, 2.75) is 20.3 Å². The second-order valence-corrected chi connectivity index (χ2v) is 3.13. The lowest BCUT2D eigenvalue weighted by Gasteiger charge is -2.23. The van der Waals surface area contributed by atoms with Gasteiger partial charge in [0, 0.05) is 13.1 Å². The Morgan fingerprint density at radius 2 is 2.25 bits per heavy atom. The van der Waals surface area contributed by atoms with Gasteiger partial charge in [-0.25, -0.2) is 0 Å². The molecule has 0 bridgehead atoms. The van der Waals surface area contributed by atoms with Gasteiger partial charge in [-0.3, -0.25) is 5.41 Å². The first-order valence-corrected chi connectivity index (χ1v) is 4.03. The zero-order valence-corrected chi connectivity index (χ0v) is 7.67. The van der Waals surface area contributed by atoms with Crippen LogP contribution in [0.2, 0.25) is 0 Å². The summed E-state index contributed by atoms with van der Waals surface area (Å²) < 4.78 is 0. The number of guanidine groups is 1. The Hall–Kier alpha value is -1.24. The first-order valence-electron chi connectivity index (χ1n) is 4.03. The fourth-order valence-electron chi connectivity index (χ4n) is 0.936. The van der Waals surface area contributed by atoms with Crippen molar-refractivity contribution >= 4 is 5.96 Å². The molecule has 0 fully saturated rings. The van der Waals surface area contributed by atoms with Crippen molar-refractivity contribution in [3.8, 4) is 6.07 Å². The molecule has 68 valence electrons. The molecule has 4 heteroatoms. The van der Waals surface area contributed by atoms with Crippen LogP contribution in [-0.2, 0) is 0 Å². The Kier molecular flexibility index (Phi) is 4.86. The number of rotatable bonds is 4. The van der Waals surface area contributed by atoms with Crippen molar-refractivity contribution in [2.24, 2.45) is 11.7 Å². The Morgan fingerprint density at radius 1 is 1.67 bits per heavy atom. The monoisotopic (exact) mass is 168 g/mol. The second-order valence-electron chi connectivity index (χ2n) is 3.13. The number of hydrogen-bond acceptors (Lipinski definition) is 2. The van der Waals surface area contributed by atoms with Gasteiger partial charge in [0.05, 0.1) is 12.5 Å². The lowest BCUT2D eigenvalue weighted by molar-refractivity contribution is 0.366.